The fourth-order valence-corrected chi connectivity index (χ4v) is 4.67. The summed E-state index contributed by atoms with van der Waals surface area (Å²) in [4.78, 5) is 43.7. The maximum Gasteiger partial charge on any atom is 0.261 e. The molecule has 1 aliphatic carbocycles. The topological polar surface area (TPSA) is 104 Å². The molecule has 2 aliphatic heterocycles. The zero-order chi connectivity index (χ0) is 21.7. The molecule has 2 amide bonds. The summed E-state index contributed by atoms with van der Waals surface area (Å²) < 4.78 is 6.02. The van der Waals surface area contributed by atoms with E-state index in [1.165, 1.54) is 0 Å². The van der Waals surface area contributed by atoms with Crippen molar-refractivity contribution in [2.45, 2.75) is 38.6 Å². The van der Waals surface area contributed by atoms with Crippen LogP contribution in [0.1, 0.15) is 64.3 Å². The Morgan fingerprint density at radius 3 is 2.48 bits per heavy atom. The minimum Gasteiger partial charge on any atom is -0.463 e. The first kappa shape index (κ1) is 19.2. The first-order valence-electron chi connectivity index (χ1n) is 10.2. The van der Waals surface area contributed by atoms with E-state index in [0.29, 0.717) is 46.8 Å². The quantitative estimate of drug-likeness (QED) is 0.712. The number of nitrogens with zero attached hydrogens (tertiary/aromatic N) is 3. The molecule has 1 unspecified atom stereocenters. The average Bonchev–Trinajstić information content (AvgIpc) is 3.32. The number of furan rings is 1. The van der Waals surface area contributed by atoms with Crippen molar-refractivity contribution in [1.29, 1.82) is 5.26 Å². The molecule has 7 heteroatoms. The van der Waals surface area contributed by atoms with E-state index in [2.05, 4.69) is 11.1 Å². The molecule has 3 heterocycles. The molecular formula is C24H19N3O4. The number of benzene rings is 1. The Labute approximate surface area is 178 Å². The molecule has 0 spiro atoms. The van der Waals surface area contributed by atoms with Crippen molar-refractivity contribution in [3.63, 3.8) is 0 Å². The zero-order valence-corrected chi connectivity index (χ0v) is 16.9. The SMILES string of the molecule is CC1=NC2=C(C(=O)CCC2)[C@@H](c2ccc(CN3C(=O)c4ccccc4C3=O)o2)C1C#N. The zero-order valence-electron chi connectivity index (χ0n) is 16.9. The van der Waals surface area contributed by atoms with Crippen LogP contribution in [-0.4, -0.2) is 28.2 Å². The van der Waals surface area contributed by atoms with Crippen LogP contribution in [0, 0.1) is 17.2 Å². The summed E-state index contributed by atoms with van der Waals surface area (Å²) in [5.74, 6) is -0.939. The Balaban J connectivity index is 1.47. The molecule has 0 fully saturated rings. The number of allylic oxidation sites excluding steroid dienone is 2. The summed E-state index contributed by atoms with van der Waals surface area (Å²) in [5, 5.41) is 9.77. The second kappa shape index (κ2) is 7.17. The Morgan fingerprint density at radius 2 is 1.81 bits per heavy atom. The number of amides is 2. The normalized spacial score (nSPS) is 22.9. The van der Waals surface area contributed by atoms with Crippen LogP contribution in [0.4, 0.5) is 0 Å². The summed E-state index contributed by atoms with van der Waals surface area (Å²) >= 11 is 0. The third-order valence-electron chi connectivity index (χ3n) is 6.15. The summed E-state index contributed by atoms with van der Waals surface area (Å²) in [6.45, 7) is 1.79. The first-order chi connectivity index (χ1) is 15.0. The lowest BCUT2D eigenvalue weighted by Gasteiger charge is -2.30. The van der Waals surface area contributed by atoms with Gasteiger partial charge in [0, 0.05) is 23.4 Å². The van der Waals surface area contributed by atoms with Gasteiger partial charge in [0.05, 0.1) is 35.6 Å². The molecule has 0 saturated carbocycles. The van der Waals surface area contributed by atoms with E-state index in [-0.39, 0.29) is 24.1 Å². The maximum atomic E-state index is 12.7. The fourth-order valence-electron chi connectivity index (χ4n) is 4.67. The summed E-state index contributed by atoms with van der Waals surface area (Å²) in [5.41, 5.74) is 2.73. The first-order valence-corrected chi connectivity index (χ1v) is 10.2. The smallest absolute Gasteiger partial charge is 0.261 e. The molecule has 2 atom stereocenters. The Hall–Kier alpha value is -3.79. The fraction of sp³-hybridized carbons (Fsp3) is 0.292. The number of imide groups is 1. The van der Waals surface area contributed by atoms with Crippen LogP contribution < -0.4 is 0 Å². The lowest BCUT2D eigenvalue weighted by molar-refractivity contribution is -0.116. The second-order valence-electron chi connectivity index (χ2n) is 8.02. The number of hydrogen-bond donors (Lipinski definition) is 0. The highest BCUT2D eigenvalue weighted by Crippen LogP contribution is 2.43. The van der Waals surface area contributed by atoms with Crippen LogP contribution in [0.15, 0.2) is 57.1 Å². The molecule has 0 radical (unpaired) electrons. The molecule has 31 heavy (non-hydrogen) atoms. The van der Waals surface area contributed by atoms with Crippen LogP contribution in [0.3, 0.4) is 0 Å². The lowest BCUT2D eigenvalue weighted by atomic mass is 9.74. The highest BCUT2D eigenvalue weighted by Gasteiger charge is 2.41. The van der Waals surface area contributed by atoms with Gasteiger partial charge in [0.2, 0.25) is 0 Å². The van der Waals surface area contributed by atoms with Gasteiger partial charge in [0.1, 0.15) is 11.5 Å². The number of carbonyl (C=O) groups is 3. The van der Waals surface area contributed by atoms with Crippen molar-refractivity contribution < 1.29 is 18.8 Å². The largest absolute Gasteiger partial charge is 0.463 e. The second-order valence-corrected chi connectivity index (χ2v) is 8.02. The number of fused-ring (bicyclic) bond motifs is 1. The number of ketones is 1. The molecule has 1 aromatic carbocycles. The van der Waals surface area contributed by atoms with Crippen LogP contribution in [-0.2, 0) is 11.3 Å². The Kier molecular flexibility index (Phi) is 4.44. The highest BCUT2D eigenvalue weighted by molar-refractivity contribution is 6.21. The predicted octanol–water partition coefficient (Wildman–Crippen LogP) is 3.78. The molecule has 0 saturated heterocycles. The predicted molar refractivity (Wildman–Crippen MR) is 110 cm³/mol. The van der Waals surface area contributed by atoms with Gasteiger partial charge in [-0.1, -0.05) is 12.1 Å². The summed E-state index contributed by atoms with van der Waals surface area (Å²) in [6.07, 6.45) is 1.89. The number of carbonyl (C=O) groups excluding carboxylic acids is 3. The van der Waals surface area contributed by atoms with Crippen molar-refractivity contribution >= 4 is 23.3 Å². The molecule has 1 aromatic heterocycles. The standard InChI is InChI=1S/C24H19N3O4/c1-13-17(11-25)21(22-18(26-13)7-4-8-19(22)28)20-10-9-14(31-20)12-27-23(29)15-5-2-3-6-16(15)24(27)30/h2-3,5-6,9-10,17,21H,4,7-8,12H2,1H3/t17?,21-/m1/s1. The van der Waals surface area contributed by atoms with Gasteiger partial charge in [-0.05, 0) is 44.0 Å². The lowest BCUT2D eigenvalue weighted by Crippen LogP contribution is -2.30. The molecular weight excluding hydrogens is 394 g/mol. The minimum absolute atomic E-state index is 0.000970. The van der Waals surface area contributed by atoms with Crippen LogP contribution in [0.2, 0.25) is 0 Å². The van der Waals surface area contributed by atoms with Gasteiger partial charge in [-0.2, -0.15) is 5.26 Å². The van der Waals surface area contributed by atoms with E-state index < -0.39 is 11.8 Å². The molecule has 0 bridgehead atoms. The van der Waals surface area contributed by atoms with Crippen molar-refractivity contribution in [2.24, 2.45) is 10.9 Å². The van der Waals surface area contributed by atoms with Crippen molar-refractivity contribution in [1.82, 2.24) is 4.90 Å². The number of rotatable bonds is 3. The molecule has 7 nitrogen and oxygen atoms in total. The average molecular weight is 413 g/mol. The molecule has 2 aromatic rings. The number of aliphatic imine (C=N–C) groups is 1. The van der Waals surface area contributed by atoms with Gasteiger partial charge in [0.25, 0.3) is 11.8 Å². The van der Waals surface area contributed by atoms with Crippen LogP contribution in [0.25, 0.3) is 0 Å². The van der Waals surface area contributed by atoms with E-state index in [1.54, 1.807) is 43.3 Å². The van der Waals surface area contributed by atoms with E-state index >= 15 is 0 Å². The van der Waals surface area contributed by atoms with E-state index in [9.17, 15) is 19.6 Å². The minimum atomic E-state index is -0.598. The van der Waals surface area contributed by atoms with E-state index in [1.807, 2.05) is 0 Å². The summed E-state index contributed by atoms with van der Waals surface area (Å²) in [6, 6.07) is 12.4. The molecule has 0 N–H and O–H groups in total. The summed E-state index contributed by atoms with van der Waals surface area (Å²) in [7, 11) is 0. The Morgan fingerprint density at radius 1 is 1.10 bits per heavy atom. The maximum absolute atomic E-state index is 12.7. The third kappa shape index (κ3) is 2.95. The third-order valence-corrected chi connectivity index (χ3v) is 6.15. The number of Topliss-reactive ketones (excluding diaryl/α,β-unsaturated/α-hetero) is 1. The monoisotopic (exact) mass is 413 g/mol. The molecule has 5 rings (SSSR count). The molecule has 154 valence electrons. The van der Waals surface area contributed by atoms with Gasteiger partial charge >= 0.3 is 0 Å². The van der Waals surface area contributed by atoms with E-state index in [0.717, 1.165) is 17.0 Å². The van der Waals surface area contributed by atoms with Gasteiger partial charge in [-0.15, -0.1) is 0 Å². The number of nitriles is 1. The van der Waals surface area contributed by atoms with Gasteiger partial charge in [-0.25, -0.2) is 0 Å². The van der Waals surface area contributed by atoms with Crippen molar-refractivity contribution in [3.05, 3.63) is 70.3 Å². The van der Waals surface area contributed by atoms with Crippen LogP contribution >= 0.6 is 0 Å². The highest BCUT2D eigenvalue weighted by atomic mass is 16.3. The van der Waals surface area contributed by atoms with Crippen molar-refractivity contribution in [3.8, 4) is 6.07 Å². The molecule has 3 aliphatic rings. The Bertz CT molecular complexity index is 1210. The van der Waals surface area contributed by atoms with Crippen LogP contribution in [0.5, 0.6) is 0 Å². The van der Waals surface area contributed by atoms with Crippen molar-refractivity contribution in [2.75, 3.05) is 0 Å². The number of hydrogen-bond acceptors (Lipinski definition) is 6. The van der Waals surface area contributed by atoms with E-state index in [4.69, 9.17) is 4.42 Å². The van der Waals surface area contributed by atoms with Gasteiger partial charge in [0.15, 0.2) is 5.78 Å². The van der Waals surface area contributed by atoms with Gasteiger partial charge in [-0.3, -0.25) is 24.3 Å². The van der Waals surface area contributed by atoms with Gasteiger partial charge < -0.3 is 4.42 Å².